The molecule has 1 fully saturated rings. The Balaban J connectivity index is 1.24. The van der Waals surface area contributed by atoms with Crippen molar-refractivity contribution < 1.29 is 14.2 Å². The van der Waals surface area contributed by atoms with E-state index in [1.807, 2.05) is 22.4 Å². The first kappa shape index (κ1) is 18.8. The Morgan fingerprint density at radius 2 is 2.04 bits per heavy atom. The number of piperazine rings is 1. The van der Waals surface area contributed by atoms with E-state index in [1.165, 1.54) is 16.0 Å². The number of thiophene rings is 1. The lowest BCUT2D eigenvalue weighted by Gasteiger charge is -2.32. The van der Waals surface area contributed by atoms with Gasteiger partial charge in [-0.2, -0.15) is 4.98 Å². The molecule has 0 bridgehead atoms. The first-order chi connectivity index (χ1) is 13.7. The average molecular weight is 398 g/mol. The molecule has 146 valence electrons. The summed E-state index contributed by atoms with van der Waals surface area (Å²) in [7, 11) is 0. The molecule has 7 heteroatoms. The number of aryl methyl sites for hydroxylation is 2. The van der Waals surface area contributed by atoms with E-state index in [0.717, 1.165) is 37.6 Å². The number of nitrogens with one attached hydrogen (secondary N) is 1. The van der Waals surface area contributed by atoms with Crippen LogP contribution in [0.1, 0.15) is 23.4 Å². The lowest BCUT2D eigenvalue weighted by atomic mass is 10.1. The molecule has 4 rings (SSSR count). The van der Waals surface area contributed by atoms with Crippen LogP contribution in [0.4, 0.5) is 0 Å². The summed E-state index contributed by atoms with van der Waals surface area (Å²) in [5, 5.41) is 5.98. The lowest BCUT2D eigenvalue weighted by Crippen LogP contribution is -3.13. The molecule has 1 aromatic carbocycles. The van der Waals surface area contributed by atoms with E-state index in [0.29, 0.717) is 24.6 Å². The normalized spacial score (nSPS) is 15.1. The highest BCUT2D eigenvalue weighted by molar-refractivity contribution is 7.13. The van der Waals surface area contributed by atoms with Gasteiger partial charge >= 0.3 is 0 Å². The molecule has 3 heterocycles. The maximum atomic E-state index is 12.6. The van der Waals surface area contributed by atoms with Gasteiger partial charge in [0, 0.05) is 18.4 Å². The zero-order valence-electron chi connectivity index (χ0n) is 16.1. The van der Waals surface area contributed by atoms with Gasteiger partial charge in [-0.05, 0) is 23.9 Å². The minimum atomic E-state index is 0.172. The van der Waals surface area contributed by atoms with Crippen molar-refractivity contribution in [2.45, 2.75) is 26.3 Å². The Hall–Kier alpha value is -2.51. The smallest absolute Gasteiger partial charge is 0.227 e. The van der Waals surface area contributed by atoms with Crippen LogP contribution in [0.25, 0.3) is 10.7 Å². The monoisotopic (exact) mass is 397 g/mol. The number of rotatable bonds is 6. The van der Waals surface area contributed by atoms with E-state index >= 15 is 0 Å². The summed E-state index contributed by atoms with van der Waals surface area (Å²) in [5.41, 5.74) is 2.74. The van der Waals surface area contributed by atoms with Gasteiger partial charge in [0.05, 0.1) is 31.1 Å². The summed E-state index contributed by atoms with van der Waals surface area (Å²) >= 11 is 1.58. The Morgan fingerprint density at radius 1 is 1.21 bits per heavy atom. The van der Waals surface area contributed by atoms with Crippen molar-refractivity contribution in [3.8, 4) is 10.7 Å². The number of nitrogens with zero attached hydrogens (tertiary/aromatic N) is 3. The van der Waals surface area contributed by atoms with Crippen LogP contribution >= 0.6 is 11.3 Å². The van der Waals surface area contributed by atoms with Crippen molar-refractivity contribution in [3.63, 3.8) is 0 Å². The molecule has 0 radical (unpaired) electrons. The third-order valence-electron chi connectivity index (χ3n) is 5.29. The van der Waals surface area contributed by atoms with Crippen molar-refractivity contribution >= 4 is 17.2 Å². The van der Waals surface area contributed by atoms with Crippen LogP contribution < -0.4 is 4.90 Å². The van der Waals surface area contributed by atoms with Gasteiger partial charge in [0.1, 0.15) is 6.54 Å². The van der Waals surface area contributed by atoms with Crippen molar-refractivity contribution in [3.05, 3.63) is 58.8 Å². The van der Waals surface area contributed by atoms with Crippen LogP contribution in [0.3, 0.4) is 0 Å². The maximum Gasteiger partial charge on any atom is 0.227 e. The average Bonchev–Trinajstić information content (AvgIpc) is 3.40. The van der Waals surface area contributed by atoms with E-state index in [4.69, 9.17) is 4.52 Å². The van der Waals surface area contributed by atoms with Gasteiger partial charge in [0.25, 0.3) is 0 Å². The number of carbonyl (C=O) groups excluding carboxylic acids is 1. The molecule has 1 N–H and O–H groups in total. The predicted molar refractivity (Wildman–Crippen MR) is 108 cm³/mol. The first-order valence-corrected chi connectivity index (χ1v) is 10.6. The summed E-state index contributed by atoms with van der Waals surface area (Å²) in [5.74, 6) is 1.30. The molecule has 0 aliphatic carbocycles. The SMILES string of the molecule is Cc1ccccc1C[NH+]1CCN(C(=O)CCc2nc(-c3cccs3)no2)CC1. The van der Waals surface area contributed by atoms with Gasteiger partial charge in [0.2, 0.25) is 17.6 Å². The van der Waals surface area contributed by atoms with Crippen molar-refractivity contribution in [2.75, 3.05) is 26.2 Å². The topological polar surface area (TPSA) is 63.7 Å². The number of benzene rings is 1. The Kier molecular flexibility index (Phi) is 5.83. The molecule has 0 spiro atoms. The zero-order valence-corrected chi connectivity index (χ0v) is 16.9. The largest absolute Gasteiger partial charge is 0.339 e. The van der Waals surface area contributed by atoms with Crippen LogP contribution in [0.5, 0.6) is 0 Å². The van der Waals surface area contributed by atoms with Gasteiger partial charge in [-0.3, -0.25) is 4.79 Å². The molecule has 1 amide bonds. The molecule has 28 heavy (non-hydrogen) atoms. The molecule has 0 atom stereocenters. The number of carbonyl (C=O) groups is 1. The Labute approximate surface area is 168 Å². The highest BCUT2D eigenvalue weighted by atomic mass is 32.1. The van der Waals surface area contributed by atoms with Crippen LogP contribution in [-0.2, 0) is 17.8 Å². The first-order valence-electron chi connectivity index (χ1n) is 9.71. The molecule has 0 unspecified atom stereocenters. The fourth-order valence-electron chi connectivity index (χ4n) is 3.56. The predicted octanol–water partition coefficient (Wildman–Crippen LogP) is 1.97. The highest BCUT2D eigenvalue weighted by Crippen LogP contribution is 2.21. The fraction of sp³-hybridized carbons (Fsp3) is 0.381. The van der Waals surface area contributed by atoms with Crippen molar-refractivity contribution in [1.29, 1.82) is 0 Å². The number of hydrogen-bond acceptors (Lipinski definition) is 5. The lowest BCUT2D eigenvalue weighted by molar-refractivity contribution is -0.917. The van der Waals surface area contributed by atoms with Gasteiger partial charge in [0.15, 0.2) is 0 Å². The number of amides is 1. The third-order valence-corrected chi connectivity index (χ3v) is 6.15. The summed E-state index contributed by atoms with van der Waals surface area (Å²) in [6.45, 7) is 6.79. The molecular weight excluding hydrogens is 372 g/mol. The van der Waals surface area contributed by atoms with Crippen LogP contribution in [0.15, 0.2) is 46.3 Å². The second kappa shape index (κ2) is 8.67. The van der Waals surface area contributed by atoms with Gasteiger partial charge < -0.3 is 14.3 Å². The molecule has 2 aromatic heterocycles. The fourth-order valence-corrected chi connectivity index (χ4v) is 4.21. The Morgan fingerprint density at radius 3 is 2.79 bits per heavy atom. The van der Waals surface area contributed by atoms with Crippen LogP contribution in [0, 0.1) is 6.92 Å². The van der Waals surface area contributed by atoms with E-state index in [2.05, 4.69) is 41.3 Å². The standard InChI is InChI=1S/C21H24N4O2S/c1-16-5-2-3-6-17(16)15-24-10-12-25(13-11-24)20(26)9-8-19-22-21(23-27-19)18-7-4-14-28-18/h2-7,14H,8-13,15H2,1H3/p+1. The number of quaternary nitrogens is 1. The minimum absolute atomic E-state index is 0.172. The maximum absolute atomic E-state index is 12.6. The van der Waals surface area contributed by atoms with Crippen molar-refractivity contribution in [1.82, 2.24) is 15.0 Å². The molecule has 0 saturated carbocycles. The van der Waals surface area contributed by atoms with E-state index in [-0.39, 0.29) is 5.91 Å². The molecule has 1 aliphatic heterocycles. The third kappa shape index (κ3) is 4.48. The van der Waals surface area contributed by atoms with Crippen LogP contribution in [0.2, 0.25) is 0 Å². The van der Waals surface area contributed by atoms with Crippen molar-refractivity contribution in [2.24, 2.45) is 0 Å². The summed E-state index contributed by atoms with van der Waals surface area (Å²) in [6, 6.07) is 12.5. The van der Waals surface area contributed by atoms with Gasteiger partial charge in [-0.25, -0.2) is 0 Å². The molecule has 1 saturated heterocycles. The molecule has 3 aromatic rings. The van der Waals surface area contributed by atoms with Crippen LogP contribution in [-0.4, -0.2) is 47.1 Å². The van der Waals surface area contributed by atoms with E-state index in [1.54, 1.807) is 11.3 Å². The molecular formula is C21H25N4O2S+. The van der Waals surface area contributed by atoms with Gasteiger partial charge in [-0.1, -0.05) is 35.5 Å². The second-order valence-electron chi connectivity index (χ2n) is 7.22. The zero-order chi connectivity index (χ0) is 19.3. The number of hydrogen-bond donors (Lipinski definition) is 1. The molecule has 6 nitrogen and oxygen atoms in total. The summed E-state index contributed by atoms with van der Waals surface area (Å²) in [4.78, 5) is 21.4. The number of aromatic nitrogens is 2. The minimum Gasteiger partial charge on any atom is -0.339 e. The van der Waals surface area contributed by atoms with E-state index in [9.17, 15) is 4.79 Å². The summed E-state index contributed by atoms with van der Waals surface area (Å²) in [6.07, 6.45) is 0.909. The van der Waals surface area contributed by atoms with Gasteiger partial charge in [-0.15, -0.1) is 11.3 Å². The quantitative estimate of drug-likeness (QED) is 0.691. The highest BCUT2D eigenvalue weighted by Gasteiger charge is 2.24. The second-order valence-corrected chi connectivity index (χ2v) is 8.17. The van der Waals surface area contributed by atoms with E-state index < -0.39 is 0 Å². The summed E-state index contributed by atoms with van der Waals surface area (Å²) < 4.78 is 5.29. The Bertz CT molecular complexity index is 914. The molecule has 1 aliphatic rings.